The lowest BCUT2D eigenvalue weighted by molar-refractivity contribution is 0.392. The second kappa shape index (κ2) is 9.33. The van der Waals surface area contributed by atoms with Gasteiger partial charge in [-0.1, -0.05) is 13.8 Å². The van der Waals surface area contributed by atoms with Crippen molar-refractivity contribution in [3.05, 3.63) is 29.9 Å². The molecule has 9 heteroatoms. The predicted molar refractivity (Wildman–Crippen MR) is 113 cm³/mol. The number of fused-ring (bicyclic) bond motifs is 1. The standard InChI is InChI=1S/C17H28N8.HI/c1-12(2)10-24-8-7-19-16(24)9-20-17(18-4)22-14-5-6-15-21-13(3)23-25(15)11-14;/h7-8,12,14H,5-6,9-11H2,1-4H3,(H2,18,20,22);1H. The van der Waals surface area contributed by atoms with Gasteiger partial charge in [0.05, 0.1) is 13.1 Å². The van der Waals surface area contributed by atoms with E-state index in [1.54, 1.807) is 7.05 Å². The summed E-state index contributed by atoms with van der Waals surface area (Å²) >= 11 is 0. The highest BCUT2D eigenvalue weighted by Gasteiger charge is 2.21. The summed E-state index contributed by atoms with van der Waals surface area (Å²) in [7, 11) is 1.80. The Morgan fingerprint density at radius 3 is 2.96 bits per heavy atom. The molecule has 2 aromatic rings. The summed E-state index contributed by atoms with van der Waals surface area (Å²) in [5.41, 5.74) is 0. The zero-order valence-corrected chi connectivity index (χ0v) is 18.3. The molecule has 0 spiro atoms. The second-order valence-electron chi connectivity index (χ2n) is 6.95. The van der Waals surface area contributed by atoms with E-state index < -0.39 is 0 Å². The highest BCUT2D eigenvalue weighted by atomic mass is 127. The first-order valence-corrected chi connectivity index (χ1v) is 8.92. The number of rotatable bonds is 5. The molecule has 0 bridgehead atoms. The summed E-state index contributed by atoms with van der Waals surface area (Å²) in [5, 5.41) is 11.3. The minimum absolute atomic E-state index is 0. The number of nitrogens with zero attached hydrogens (tertiary/aromatic N) is 6. The third-order valence-corrected chi connectivity index (χ3v) is 4.31. The van der Waals surface area contributed by atoms with Crippen molar-refractivity contribution in [3.8, 4) is 0 Å². The van der Waals surface area contributed by atoms with Crippen LogP contribution in [0, 0.1) is 12.8 Å². The molecule has 0 saturated carbocycles. The molecule has 0 fully saturated rings. The van der Waals surface area contributed by atoms with Crippen molar-refractivity contribution in [1.82, 2.24) is 34.9 Å². The molecule has 3 heterocycles. The topological polar surface area (TPSA) is 84.9 Å². The summed E-state index contributed by atoms with van der Waals surface area (Å²) in [5.74, 6) is 4.33. The van der Waals surface area contributed by atoms with Gasteiger partial charge in [-0.15, -0.1) is 24.0 Å². The number of imidazole rings is 1. The molecule has 1 aliphatic rings. The van der Waals surface area contributed by atoms with Gasteiger partial charge in [0.2, 0.25) is 0 Å². The number of halogens is 1. The van der Waals surface area contributed by atoms with Crippen molar-refractivity contribution in [3.63, 3.8) is 0 Å². The number of hydrogen-bond acceptors (Lipinski definition) is 4. The van der Waals surface area contributed by atoms with Gasteiger partial charge < -0.3 is 15.2 Å². The van der Waals surface area contributed by atoms with Crippen molar-refractivity contribution in [2.45, 2.75) is 59.3 Å². The van der Waals surface area contributed by atoms with Crippen LogP contribution < -0.4 is 10.6 Å². The van der Waals surface area contributed by atoms with Crippen LogP contribution >= 0.6 is 24.0 Å². The predicted octanol–water partition coefficient (Wildman–Crippen LogP) is 1.74. The minimum atomic E-state index is 0. The first-order chi connectivity index (χ1) is 12.0. The number of aliphatic imine (C=N–C) groups is 1. The van der Waals surface area contributed by atoms with Gasteiger partial charge in [-0.05, 0) is 19.3 Å². The third-order valence-electron chi connectivity index (χ3n) is 4.31. The van der Waals surface area contributed by atoms with E-state index in [1.807, 2.05) is 24.0 Å². The molecule has 0 amide bonds. The van der Waals surface area contributed by atoms with E-state index in [-0.39, 0.29) is 24.0 Å². The Labute approximate surface area is 171 Å². The molecule has 1 atom stereocenters. The largest absolute Gasteiger partial charge is 0.352 e. The van der Waals surface area contributed by atoms with Crippen LogP contribution in [-0.2, 0) is 26.1 Å². The van der Waals surface area contributed by atoms with E-state index in [0.29, 0.717) is 18.5 Å². The van der Waals surface area contributed by atoms with Crippen molar-refractivity contribution >= 4 is 29.9 Å². The average molecular weight is 472 g/mol. The zero-order chi connectivity index (χ0) is 17.8. The molecule has 2 N–H and O–H groups in total. The Balaban J connectivity index is 0.00000243. The van der Waals surface area contributed by atoms with Crippen molar-refractivity contribution < 1.29 is 0 Å². The van der Waals surface area contributed by atoms with Gasteiger partial charge in [-0.25, -0.2) is 14.6 Å². The van der Waals surface area contributed by atoms with Crippen LogP contribution in [0.2, 0.25) is 0 Å². The Hall–Kier alpha value is -1.65. The van der Waals surface area contributed by atoms with Gasteiger partial charge in [0.25, 0.3) is 0 Å². The van der Waals surface area contributed by atoms with Gasteiger partial charge in [0.15, 0.2) is 5.96 Å². The van der Waals surface area contributed by atoms with Gasteiger partial charge >= 0.3 is 0 Å². The number of aromatic nitrogens is 5. The first-order valence-electron chi connectivity index (χ1n) is 8.92. The molecule has 1 unspecified atom stereocenters. The van der Waals surface area contributed by atoms with Gasteiger partial charge in [-0.2, -0.15) is 5.10 Å². The molecule has 0 aromatic carbocycles. The number of aryl methyl sites for hydroxylation is 2. The van der Waals surface area contributed by atoms with Gasteiger partial charge in [0.1, 0.15) is 17.5 Å². The molecule has 1 aliphatic heterocycles. The maximum Gasteiger partial charge on any atom is 0.191 e. The van der Waals surface area contributed by atoms with Crippen LogP contribution in [0.5, 0.6) is 0 Å². The van der Waals surface area contributed by atoms with Gasteiger partial charge in [0, 0.05) is 38.4 Å². The highest BCUT2D eigenvalue weighted by Crippen LogP contribution is 2.12. The number of nitrogens with one attached hydrogen (secondary N) is 2. The lowest BCUT2D eigenvalue weighted by Gasteiger charge is -2.25. The van der Waals surface area contributed by atoms with Gasteiger partial charge in [-0.3, -0.25) is 4.99 Å². The Morgan fingerprint density at radius 1 is 1.42 bits per heavy atom. The molecule has 2 aromatic heterocycles. The van der Waals surface area contributed by atoms with Crippen molar-refractivity contribution in [1.29, 1.82) is 0 Å². The van der Waals surface area contributed by atoms with Crippen molar-refractivity contribution in [2.75, 3.05) is 7.05 Å². The third kappa shape index (κ3) is 5.18. The van der Waals surface area contributed by atoms with E-state index in [1.165, 1.54) is 0 Å². The normalized spacial score (nSPS) is 17.0. The van der Waals surface area contributed by atoms with E-state index in [4.69, 9.17) is 0 Å². The van der Waals surface area contributed by atoms with Crippen LogP contribution in [0.1, 0.15) is 37.7 Å². The quantitative estimate of drug-likeness (QED) is 0.394. The Bertz CT molecular complexity index is 733. The smallest absolute Gasteiger partial charge is 0.191 e. The fraction of sp³-hybridized carbons (Fsp3) is 0.647. The summed E-state index contributed by atoms with van der Waals surface area (Å²) in [6, 6.07) is 0.301. The fourth-order valence-corrected chi connectivity index (χ4v) is 3.17. The second-order valence-corrected chi connectivity index (χ2v) is 6.95. The molecule has 0 radical (unpaired) electrons. The van der Waals surface area contributed by atoms with Crippen LogP contribution in [0.25, 0.3) is 0 Å². The zero-order valence-electron chi connectivity index (χ0n) is 15.9. The Kier molecular flexibility index (Phi) is 7.42. The molecular formula is C17H29IN8. The highest BCUT2D eigenvalue weighted by molar-refractivity contribution is 14.0. The van der Waals surface area contributed by atoms with Crippen molar-refractivity contribution in [2.24, 2.45) is 10.9 Å². The molecule has 144 valence electrons. The molecular weight excluding hydrogens is 443 g/mol. The first kappa shape index (κ1) is 20.7. The summed E-state index contributed by atoms with van der Waals surface area (Å²) < 4.78 is 4.19. The fourth-order valence-electron chi connectivity index (χ4n) is 3.17. The van der Waals surface area contributed by atoms with E-state index in [9.17, 15) is 0 Å². The lowest BCUT2D eigenvalue weighted by Crippen LogP contribution is -2.47. The minimum Gasteiger partial charge on any atom is -0.352 e. The van der Waals surface area contributed by atoms with E-state index in [2.05, 4.69) is 49.1 Å². The summed E-state index contributed by atoms with van der Waals surface area (Å²) in [6.45, 7) is 8.80. The van der Waals surface area contributed by atoms with Crippen LogP contribution in [-0.4, -0.2) is 43.4 Å². The molecule has 26 heavy (non-hydrogen) atoms. The van der Waals surface area contributed by atoms with Crippen LogP contribution in [0.4, 0.5) is 0 Å². The number of hydrogen-bond donors (Lipinski definition) is 2. The Morgan fingerprint density at radius 2 is 2.23 bits per heavy atom. The summed E-state index contributed by atoms with van der Waals surface area (Å²) in [4.78, 5) is 13.3. The monoisotopic (exact) mass is 472 g/mol. The summed E-state index contributed by atoms with van der Waals surface area (Å²) in [6.07, 6.45) is 5.85. The van der Waals surface area contributed by atoms with Crippen LogP contribution in [0.15, 0.2) is 17.4 Å². The van der Waals surface area contributed by atoms with E-state index >= 15 is 0 Å². The maximum absolute atomic E-state index is 4.46. The molecule has 0 saturated heterocycles. The molecule has 8 nitrogen and oxygen atoms in total. The van der Waals surface area contributed by atoms with E-state index in [0.717, 1.165) is 49.4 Å². The average Bonchev–Trinajstić information content (AvgIpc) is 3.15. The molecule has 3 rings (SSSR count). The lowest BCUT2D eigenvalue weighted by atomic mass is 10.1. The van der Waals surface area contributed by atoms with Crippen LogP contribution in [0.3, 0.4) is 0 Å². The number of guanidine groups is 1. The maximum atomic E-state index is 4.46. The molecule has 0 aliphatic carbocycles. The SMILES string of the molecule is CN=C(NCc1nccn1CC(C)C)NC1CCc2nc(C)nn2C1.I.